The van der Waals surface area contributed by atoms with E-state index in [0.717, 1.165) is 55.5 Å². The van der Waals surface area contributed by atoms with Crippen LogP contribution >= 0.6 is 11.6 Å². The molecular formula is C25H32ClN5O2. The SMILES string of the molecule is CN(C)c1ncc(-c2ccc(Cl)cc2)c([C@@H]2CCCN(C(=O)CN3CCCCCC3=O)C2)n1. The number of nitrogens with zero attached hydrogens (tertiary/aromatic N) is 5. The molecule has 2 aliphatic heterocycles. The molecule has 1 aromatic carbocycles. The van der Waals surface area contributed by atoms with Crippen LogP contribution in [-0.2, 0) is 9.59 Å². The molecule has 1 aromatic heterocycles. The third kappa shape index (κ3) is 5.64. The van der Waals surface area contributed by atoms with Crippen molar-refractivity contribution in [3.63, 3.8) is 0 Å². The summed E-state index contributed by atoms with van der Waals surface area (Å²) >= 11 is 6.10. The Morgan fingerprint density at radius 2 is 1.91 bits per heavy atom. The molecule has 0 unspecified atom stereocenters. The van der Waals surface area contributed by atoms with Crippen molar-refractivity contribution in [2.75, 3.05) is 45.2 Å². The van der Waals surface area contributed by atoms with E-state index in [4.69, 9.17) is 16.6 Å². The maximum Gasteiger partial charge on any atom is 0.242 e. The van der Waals surface area contributed by atoms with Gasteiger partial charge in [0.2, 0.25) is 17.8 Å². The van der Waals surface area contributed by atoms with Crippen LogP contribution in [0, 0.1) is 0 Å². The third-order valence-corrected chi connectivity index (χ3v) is 6.77. The molecular weight excluding hydrogens is 438 g/mol. The highest BCUT2D eigenvalue weighted by Crippen LogP contribution is 2.34. The fourth-order valence-electron chi connectivity index (χ4n) is 4.66. The minimum Gasteiger partial charge on any atom is -0.347 e. The van der Waals surface area contributed by atoms with Gasteiger partial charge in [0.05, 0.1) is 12.2 Å². The molecule has 2 aliphatic rings. The number of hydrogen-bond acceptors (Lipinski definition) is 5. The monoisotopic (exact) mass is 469 g/mol. The topological polar surface area (TPSA) is 69.6 Å². The normalized spacial score (nSPS) is 19.4. The van der Waals surface area contributed by atoms with Gasteiger partial charge in [-0.05, 0) is 43.4 Å². The van der Waals surface area contributed by atoms with Gasteiger partial charge in [0.15, 0.2) is 0 Å². The standard InChI is InChI=1S/C25H32ClN5O2/c1-29(2)25-27-15-21(18-9-11-20(26)12-10-18)24(28-25)19-7-6-14-30(16-19)23(33)17-31-13-5-3-4-8-22(31)32/h9-12,15,19H,3-8,13-14,16-17H2,1-2H3/t19-/m1/s1. The Labute approximate surface area is 200 Å². The summed E-state index contributed by atoms with van der Waals surface area (Å²) in [6, 6.07) is 7.71. The zero-order chi connectivity index (χ0) is 23.4. The average Bonchev–Trinajstić information content (AvgIpc) is 3.03. The number of amides is 2. The van der Waals surface area contributed by atoms with Crippen molar-refractivity contribution in [2.24, 2.45) is 0 Å². The van der Waals surface area contributed by atoms with E-state index in [-0.39, 0.29) is 24.3 Å². The van der Waals surface area contributed by atoms with E-state index in [1.165, 1.54) is 0 Å². The van der Waals surface area contributed by atoms with E-state index >= 15 is 0 Å². The molecule has 2 aromatic rings. The maximum absolute atomic E-state index is 13.1. The van der Waals surface area contributed by atoms with Crippen LogP contribution < -0.4 is 4.90 Å². The van der Waals surface area contributed by atoms with Crippen LogP contribution in [0.2, 0.25) is 5.02 Å². The lowest BCUT2D eigenvalue weighted by atomic mass is 9.90. The molecule has 4 rings (SSSR count). The Balaban J connectivity index is 1.56. The molecule has 0 saturated carbocycles. The first-order valence-electron chi connectivity index (χ1n) is 11.8. The van der Waals surface area contributed by atoms with Crippen molar-refractivity contribution in [1.82, 2.24) is 19.8 Å². The first kappa shape index (κ1) is 23.5. The second kappa shape index (κ2) is 10.5. The first-order chi connectivity index (χ1) is 15.9. The minimum atomic E-state index is 0.0323. The highest BCUT2D eigenvalue weighted by Gasteiger charge is 2.30. The van der Waals surface area contributed by atoms with Gasteiger partial charge in [-0.15, -0.1) is 0 Å². The molecule has 0 N–H and O–H groups in total. The fourth-order valence-corrected chi connectivity index (χ4v) is 4.79. The number of anilines is 1. The van der Waals surface area contributed by atoms with Crippen LogP contribution in [0.15, 0.2) is 30.5 Å². The number of carbonyl (C=O) groups is 2. The lowest BCUT2D eigenvalue weighted by Gasteiger charge is -2.35. The lowest BCUT2D eigenvalue weighted by molar-refractivity contribution is -0.140. The van der Waals surface area contributed by atoms with Crippen LogP contribution in [0.4, 0.5) is 5.95 Å². The van der Waals surface area contributed by atoms with E-state index in [1.807, 2.05) is 54.4 Å². The van der Waals surface area contributed by atoms with E-state index in [2.05, 4.69) is 4.98 Å². The summed E-state index contributed by atoms with van der Waals surface area (Å²) in [6.45, 7) is 2.19. The summed E-state index contributed by atoms with van der Waals surface area (Å²) in [5.74, 6) is 0.895. The molecule has 3 heterocycles. The van der Waals surface area contributed by atoms with Gasteiger partial charge in [-0.25, -0.2) is 9.97 Å². The highest BCUT2D eigenvalue weighted by molar-refractivity contribution is 6.30. The largest absolute Gasteiger partial charge is 0.347 e. The smallest absolute Gasteiger partial charge is 0.242 e. The summed E-state index contributed by atoms with van der Waals surface area (Å²) in [7, 11) is 3.85. The van der Waals surface area contributed by atoms with Crippen molar-refractivity contribution < 1.29 is 9.59 Å². The Hall–Kier alpha value is -2.67. The van der Waals surface area contributed by atoms with Crippen molar-refractivity contribution >= 4 is 29.4 Å². The van der Waals surface area contributed by atoms with Crippen molar-refractivity contribution in [2.45, 2.75) is 44.4 Å². The number of likely N-dealkylation sites (tertiary alicyclic amines) is 2. The second-order valence-corrected chi connectivity index (χ2v) is 9.61. The molecule has 0 aliphatic carbocycles. The number of rotatable bonds is 5. The zero-order valence-electron chi connectivity index (χ0n) is 19.5. The number of piperidine rings is 1. The van der Waals surface area contributed by atoms with Gasteiger partial charge in [-0.3, -0.25) is 9.59 Å². The molecule has 0 radical (unpaired) electrons. The third-order valence-electron chi connectivity index (χ3n) is 6.52. The highest BCUT2D eigenvalue weighted by atomic mass is 35.5. The summed E-state index contributed by atoms with van der Waals surface area (Å²) in [5, 5.41) is 0.684. The van der Waals surface area contributed by atoms with E-state index in [0.29, 0.717) is 30.5 Å². The Morgan fingerprint density at radius 1 is 1.12 bits per heavy atom. The lowest BCUT2D eigenvalue weighted by Crippen LogP contribution is -2.46. The predicted octanol–water partition coefficient (Wildman–Crippen LogP) is 3.97. The summed E-state index contributed by atoms with van der Waals surface area (Å²) in [5.41, 5.74) is 2.94. The molecule has 1 atom stereocenters. The van der Waals surface area contributed by atoms with E-state index in [1.54, 1.807) is 4.90 Å². The van der Waals surface area contributed by atoms with E-state index < -0.39 is 0 Å². The average molecular weight is 470 g/mol. The van der Waals surface area contributed by atoms with Gasteiger partial charge in [0.1, 0.15) is 0 Å². The number of aromatic nitrogens is 2. The molecule has 0 spiro atoms. The first-order valence-corrected chi connectivity index (χ1v) is 12.2. The molecule has 0 bridgehead atoms. The van der Waals surface area contributed by atoms with Crippen molar-refractivity contribution in [1.29, 1.82) is 0 Å². The van der Waals surface area contributed by atoms with Crippen LogP contribution in [0.3, 0.4) is 0 Å². The number of halogens is 1. The van der Waals surface area contributed by atoms with Gasteiger partial charge in [-0.2, -0.15) is 0 Å². The van der Waals surface area contributed by atoms with Crippen LogP contribution in [0.25, 0.3) is 11.1 Å². The minimum absolute atomic E-state index is 0.0323. The maximum atomic E-state index is 13.1. The predicted molar refractivity (Wildman–Crippen MR) is 130 cm³/mol. The van der Waals surface area contributed by atoms with Crippen molar-refractivity contribution in [3.05, 3.63) is 41.2 Å². The molecule has 8 heteroatoms. The molecule has 2 fully saturated rings. The number of hydrogen-bond donors (Lipinski definition) is 0. The molecule has 2 amide bonds. The Morgan fingerprint density at radius 3 is 2.67 bits per heavy atom. The molecule has 33 heavy (non-hydrogen) atoms. The summed E-state index contributed by atoms with van der Waals surface area (Å²) in [6.07, 6.45) is 7.23. The number of benzene rings is 1. The van der Waals surface area contributed by atoms with Gasteiger partial charge in [0, 0.05) is 62.9 Å². The van der Waals surface area contributed by atoms with Gasteiger partial charge >= 0.3 is 0 Å². The molecule has 2 saturated heterocycles. The second-order valence-electron chi connectivity index (χ2n) is 9.18. The Kier molecular flexibility index (Phi) is 7.48. The fraction of sp³-hybridized carbons (Fsp3) is 0.520. The van der Waals surface area contributed by atoms with Crippen LogP contribution in [0.1, 0.15) is 50.1 Å². The molecule has 7 nitrogen and oxygen atoms in total. The zero-order valence-corrected chi connectivity index (χ0v) is 20.2. The van der Waals surface area contributed by atoms with Crippen molar-refractivity contribution in [3.8, 4) is 11.1 Å². The summed E-state index contributed by atoms with van der Waals surface area (Å²) in [4.78, 5) is 40.5. The summed E-state index contributed by atoms with van der Waals surface area (Å²) < 4.78 is 0. The van der Waals surface area contributed by atoms with Crippen LogP contribution in [-0.4, -0.2) is 71.9 Å². The molecule has 176 valence electrons. The van der Waals surface area contributed by atoms with Gasteiger partial charge < -0.3 is 14.7 Å². The van der Waals surface area contributed by atoms with E-state index in [9.17, 15) is 9.59 Å². The quantitative estimate of drug-likeness (QED) is 0.662. The van der Waals surface area contributed by atoms with Gasteiger partial charge in [0.25, 0.3) is 0 Å². The number of carbonyl (C=O) groups excluding carboxylic acids is 2. The van der Waals surface area contributed by atoms with Gasteiger partial charge in [-0.1, -0.05) is 30.2 Å². The Bertz CT molecular complexity index is 995. The van der Waals surface area contributed by atoms with Crippen LogP contribution in [0.5, 0.6) is 0 Å².